The number of aromatic nitrogens is 4. The molecule has 1 amide bonds. The van der Waals surface area contributed by atoms with Crippen LogP contribution in [0.3, 0.4) is 0 Å². The van der Waals surface area contributed by atoms with Crippen molar-refractivity contribution in [1.29, 1.82) is 0 Å². The van der Waals surface area contributed by atoms with Gasteiger partial charge in [-0.3, -0.25) is 9.89 Å². The van der Waals surface area contributed by atoms with Crippen LogP contribution in [0.2, 0.25) is 0 Å². The fourth-order valence-electron chi connectivity index (χ4n) is 3.24. The molecular formula is C18H15F4N5O. The lowest BCUT2D eigenvalue weighted by Gasteiger charge is -2.33. The average Bonchev–Trinajstić information content (AvgIpc) is 2.61. The molecule has 0 aliphatic carbocycles. The van der Waals surface area contributed by atoms with Crippen molar-refractivity contribution in [3.05, 3.63) is 64.6 Å². The molecule has 28 heavy (non-hydrogen) atoms. The summed E-state index contributed by atoms with van der Waals surface area (Å²) in [7, 11) is 0. The normalized spacial score (nSPS) is 14.2. The zero-order valence-electron chi connectivity index (χ0n) is 14.7. The summed E-state index contributed by atoms with van der Waals surface area (Å²) in [6.07, 6.45) is -2.01. The molecular weight excluding hydrogens is 378 g/mol. The minimum absolute atomic E-state index is 0.152. The molecule has 0 radical (unpaired) electrons. The third-order valence-electron chi connectivity index (χ3n) is 4.64. The fourth-order valence-corrected chi connectivity index (χ4v) is 3.24. The Morgan fingerprint density at radius 1 is 1.21 bits per heavy atom. The van der Waals surface area contributed by atoms with Gasteiger partial charge in [0.15, 0.2) is 17.3 Å². The van der Waals surface area contributed by atoms with Crippen molar-refractivity contribution in [2.45, 2.75) is 26.1 Å². The van der Waals surface area contributed by atoms with Crippen LogP contribution in [0.1, 0.15) is 33.0 Å². The minimum atomic E-state index is -4.96. The van der Waals surface area contributed by atoms with Crippen molar-refractivity contribution in [2.24, 2.45) is 0 Å². The van der Waals surface area contributed by atoms with Gasteiger partial charge in [0, 0.05) is 25.4 Å². The first-order valence-electron chi connectivity index (χ1n) is 8.48. The maximum absolute atomic E-state index is 14.2. The Morgan fingerprint density at radius 2 is 1.96 bits per heavy atom. The second-order valence-corrected chi connectivity index (χ2v) is 6.56. The number of rotatable bonds is 2. The van der Waals surface area contributed by atoms with E-state index in [4.69, 9.17) is 0 Å². The zero-order valence-corrected chi connectivity index (χ0v) is 14.7. The molecule has 1 aliphatic rings. The van der Waals surface area contributed by atoms with Gasteiger partial charge in [0.1, 0.15) is 0 Å². The van der Waals surface area contributed by atoms with Crippen LogP contribution in [-0.4, -0.2) is 37.1 Å². The highest BCUT2D eigenvalue weighted by atomic mass is 19.4. The summed E-state index contributed by atoms with van der Waals surface area (Å²) in [5.74, 6) is -1.73. The molecule has 0 saturated carbocycles. The first-order valence-corrected chi connectivity index (χ1v) is 8.48. The molecule has 0 aromatic carbocycles. The second-order valence-electron chi connectivity index (χ2n) is 6.56. The van der Waals surface area contributed by atoms with Crippen molar-refractivity contribution in [3.8, 4) is 5.82 Å². The predicted molar refractivity (Wildman–Crippen MR) is 90.3 cm³/mol. The molecule has 0 fully saturated rings. The van der Waals surface area contributed by atoms with Gasteiger partial charge < -0.3 is 4.90 Å². The minimum Gasteiger partial charge on any atom is -0.332 e. The highest BCUT2D eigenvalue weighted by Crippen LogP contribution is 2.31. The van der Waals surface area contributed by atoms with E-state index in [1.165, 1.54) is 4.90 Å². The molecule has 10 heteroatoms. The van der Waals surface area contributed by atoms with Crippen LogP contribution in [-0.2, 0) is 19.1 Å². The molecule has 4 rings (SSSR count). The summed E-state index contributed by atoms with van der Waals surface area (Å²) in [6, 6.07) is 4.74. The van der Waals surface area contributed by atoms with E-state index in [2.05, 4.69) is 15.1 Å². The highest BCUT2D eigenvalue weighted by molar-refractivity contribution is 5.94. The SMILES string of the molecule is Cc1ccnc(-n2[nH]c3c2CCN(C(=O)c2ccnc(C(F)(F)F)c2F)C3)c1. The predicted octanol–water partition coefficient (Wildman–Crippen LogP) is 3.26. The van der Waals surface area contributed by atoms with Gasteiger partial charge in [-0.05, 0) is 30.7 Å². The maximum atomic E-state index is 14.2. The van der Waals surface area contributed by atoms with Gasteiger partial charge in [-0.1, -0.05) is 0 Å². The van der Waals surface area contributed by atoms with Gasteiger partial charge in [0.2, 0.25) is 0 Å². The number of aromatic amines is 1. The highest BCUT2D eigenvalue weighted by Gasteiger charge is 2.38. The first-order chi connectivity index (χ1) is 13.3. The van der Waals surface area contributed by atoms with Gasteiger partial charge in [0.05, 0.1) is 23.5 Å². The van der Waals surface area contributed by atoms with Crippen molar-refractivity contribution < 1.29 is 22.4 Å². The quantitative estimate of drug-likeness (QED) is 0.680. The van der Waals surface area contributed by atoms with Gasteiger partial charge in [-0.15, -0.1) is 0 Å². The average molecular weight is 393 g/mol. The molecule has 3 aromatic rings. The summed E-state index contributed by atoms with van der Waals surface area (Å²) >= 11 is 0. The molecule has 0 atom stereocenters. The van der Waals surface area contributed by atoms with E-state index in [9.17, 15) is 22.4 Å². The fraction of sp³-hybridized carbons (Fsp3) is 0.278. The van der Waals surface area contributed by atoms with E-state index < -0.39 is 29.2 Å². The number of carbonyl (C=O) groups is 1. The van der Waals surface area contributed by atoms with E-state index in [-0.39, 0.29) is 13.1 Å². The Hall–Kier alpha value is -3.17. The lowest BCUT2D eigenvalue weighted by atomic mass is 10.1. The molecule has 4 heterocycles. The first kappa shape index (κ1) is 18.2. The Bertz CT molecular complexity index is 1050. The molecule has 1 N–H and O–H groups in total. The van der Waals surface area contributed by atoms with Crippen LogP contribution in [0.25, 0.3) is 5.82 Å². The van der Waals surface area contributed by atoms with Gasteiger partial charge in [-0.2, -0.15) is 13.2 Å². The molecule has 0 bridgehead atoms. The number of nitrogens with zero attached hydrogens (tertiary/aromatic N) is 4. The molecule has 6 nitrogen and oxygen atoms in total. The van der Waals surface area contributed by atoms with Crippen LogP contribution in [0.15, 0.2) is 30.6 Å². The Labute approximate surface area is 156 Å². The third kappa shape index (κ3) is 3.04. The number of hydrogen-bond acceptors (Lipinski definition) is 3. The zero-order chi connectivity index (χ0) is 20.1. The maximum Gasteiger partial charge on any atom is 0.436 e. The topological polar surface area (TPSA) is 66.8 Å². The number of amides is 1. The van der Waals surface area contributed by atoms with E-state index in [0.717, 1.165) is 29.2 Å². The standard InChI is InChI=1S/C18H15F4N5O/c1-10-2-5-23-14(8-10)27-13-4-7-26(9-12(13)25-27)17(28)11-3-6-24-16(15(11)19)18(20,21)22/h2-3,5-6,8,25H,4,7,9H2,1H3. The third-order valence-corrected chi connectivity index (χ3v) is 4.64. The van der Waals surface area contributed by atoms with Crippen molar-refractivity contribution in [1.82, 2.24) is 24.6 Å². The smallest absolute Gasteiger partial charge is 0.332 e. The van der Waals surface area contributed by atoms with E-state index in [1.807, 2.05) is 19.1 Å². The number of hydrogen-bond donors (Lipinski definition) is 1. The number of pyridine rings is 2. The van der Waals surface area contributed by atoms with Gasteiger partial charge >= 0.3 is 6.18 Å². The summed E-state index contributed by atoms with van der Waals surface area (Å²) in [4.78, 5) is 21.2. The van der Waals surface area contributed by atoms with Crippen LogP contribution in [0.4, 0.5) is 17.6 Å². The van der Waals surface area contributed by atoms with E-state index in [1.54, 1.807) is 10.9 Å². The number of H-pyrrole nitrogens is 1. The van der Waals surface area contributed by atoms with Crippen LogP contribution < -0.4 is 0 Å². The van der Waals surface area contributed by atoms with Gasteiger partial charge in [-0.25, -0.2) is 19.0 Å². The number of halogens is 4. The van der Waals surface area contributed by atoms with E-state index >= 15 is 0 Å². The Morgan fingerprint density at radius 3 is 2.64 bits per heavy atom. The van der Waals surface area contributed by atoms with Gasteiger partial charge in [0.25, 0.3) is 5.91 Å². The van der Waals surface area contributed by atoms with Crippen LogP contribution in [0, 0.1) is 12.7 Å². The molecule has 1 aliphatic heterocycles. The molecule has 146 valence electrons. The molecule has 0 spiro atoms. The number of fused-ring (bicyclic) bond motifs is 1. The van der Waals surface area contributed by atoms with Crippen molar-refractivity contribution in [3.63, 3.8) is 0 Å². The lowest BCUT2D eigenvalue weighted by molar-refractivity contribution is -0.143. The van der Waals surface area contributed by atoms with Crippen molar-refractivity contribution >= 4 is 5.91 Å². The summed E-state index contributed by atoms with van der Waals surface area (Å²) in [5, 5.41) is 3.08. The van der Waals surface area contributed by atoms with Crippen molar-refractivity contribution in [2.75, 3.05) is 6.54 Å². The number of nitrogens with one attached hydrogen (secondary N) is 1. The molecule has 0 saturated heterocycles. The molecule has 0 unspecified atom stereocenters. The van der Waals surface area contributed by atoms with E-state index in [0.29, 0.717) is 12.2 Å². The summed E-state index contributed by atoms with van der Waals surface area (Å²) in [5.41, 5.74) is 0.431. The largest absolute Gasteiger partial charge is 0.436 e. The Balaban J connectivity index is 1.56. The monoisotopic (exact) mass is 393 g/mol. The molecule has 3 aromatic heterocycles. The lowest BCUT2D eigenvalue weighted by Crippen LogP contribution is -2.41. The summed E-state index contributed by atoms with van der Waals surface area (Å²) < 4.78 is 54.5. The van der Waals surface area contributed by atoms with Crippen LogP contribution in [0.5, 0.6) is 0 Å². The summed E-state index contributed by atoms with van der Waals surface area (Å²) in [6.45, 7) is 2.35. The Kier molecular flexibility index (Phi) is 4.20. The second kappa shape index (κ2) is 6.47. The number of alkyl halides is 3. The number of aryl methyl sites for hydroxylation is 1. The van der Waals surface area contributed by atoms with Crippen LogP contribution >= 0.6 is 0 Å². The number of carbonyl (C=O) groups excluding carboxylic acids is 1.